The molecule has 2 aliphatic heterocycles. The van der Waals surface area contributed by atoms with E-state index >= 15 is 0 Å². The maximum absolute atomic E-state index is 12.1. The van der Waals surface area contributed by atoms with Crippen LogP contribution in [0.3, 0.4) is 0 Å². The molecule has 0 aliphatic carbocycles. The average Bonchev–Trinajstić information content (AvgIpc) is 2.63. The summed E-state index contributed by atoms with van der Waals surface area (Å²) in [5.74, 6) is 0.692. The Morgan fingerprint density at radius 3 is 2.52 bits per heavy atom. The molecule has 2 aliphatic rings. The molecule has 21 heavy (non-hydrogen) atoms. The van der Waals surface area contributed by atoms with Crippen LogP contribution in [0.25, 0.3) is 0 Å². The van der Waals surface area contributed by atoms with Crippen molar-refractivity contribution in [3.63, 3.8) is 0 Å². The minimum absolute atomic E-state index is 0.0541. The van der Waals surface area contributed by atoms with E-state index in [9.17, 15) is 13.2 Å². The Bertz CT molecular complexity index is 484. The molecule has 2 saturated heterocycles. The Morgan fingerprint density at radius 1 is 1.43 bits per heavy atom. The zero-order valence-corrected chi connectivity index (χ0v) is 13.8. The number of amides is 1. The van der Waals surface area contributed by atoms with Crippen LogP contribution in [0.5, 0.6) is 0 Å². The van der Waals surface area contributed by atoms with Gasteiger partial charge >= 0.3 is 0 Å². The van der Waals surface area contributed by atoms with Gasteiger partial charge in [-0.15, -0.1) is 0 Å². The topological polar surface area (TPSA) is 92.5 Å². The van der Waals surface area contributed by atoms with Crippen molar-refractivity contribution in [1.29, 1.82) is 0 Å². The number of hydrogen-bond donors (Lipinski definition) is 2. The fraction of sp³-hybridized carbons (Fsp3) is 0.929. The van der Waals surface area contributed by atoms with Crippen LogP contribution in [0, 0.1) is 5.92 Å². The lowest BCUT2D eigenvalue weighted by atomic mass is 9.91. The van der Waals surface area contributed by atoms with Gasteiger partial charge in [-0.05, 0) is 52.1 Å². The van der Waals surface area contributed by atoms with Gasteiger partial charge in [-0.25, -0.2) is 8.42 Å². The molecule has 6 nitrogen and oxygen atoms in total. The van der Waals surface area contributed by atoms with Crippen LogP contribution in [-0.4, -0.2) is 61.9 Å². The average molecular weight is 317 g/mol. The largest absolute Gasteiger partial charge is 0.349 e. The van der Waals surface area contributed by atoms with E-state index < -0.39 is 15.4 Å². The Balaban J connectivity index is 1.78. The third kappa shape index (κ3) is 4.66. The quantitative estimate of drug-likeness (QED) is 0.745. The van der Waals surface area contributed by atoms with Gasteiger partial charge in [0.15, 0.2) is 9.84 Å². The molecule has 0 radical (unpaired) electrons. The van der Waals surface area contributed by atoms with E-state index in [0.29, 0.717) is 18.9 Å². The summed E-state index contributed by atoms with van der Waals surface area (Å²) in [4.78, 5) is 14.3. The summed E-state index contributed by atoms with van der Waals surface area (Å²) in [7, 11) is -2.99. The fourth-order valence-corrected chi connectivity index (χ4v) is 5.42. The normalized spacial score (nSPS) is 32.0. The second-order valence-electron chi connectivity index (χ2n) is 6.92. The Morgan fingerprint density at radius 2 is 2.05 bits per heavy atom. The second kappa shape index (κ2) is 6.22. The molecular weight excluding hydrogens is 290 g/mol. The van der Waals surface area contributed by atoms with Gasteiger partial charge in [-0.1, -0.05) is 0 Å². The van der Waals surface area contributed by atoms with Crippen molar-refractivity contribution in [2.24, 2.45) is 11.7 Å². The van der Waals surface area contributed by atoms with E-state index in [1.54, 1.807) is 0 Å². The van der Waals surface area contributed by atoms with Crippen molar-refractivity contribution in [2.75, 3.05) is 31.1 Å². The van der Waals surface area contributed by atoms with E-state index in [0.717, 1.165) is 25.9 Å². The van der Waals surface area contributed by atoms with E-state index in [-0.39, 0.29) is 23.5 Å². The maximum Gasteiger partial charge on any atom is 0.234 e. The molecule has 0 spiro atoms. The van der Waals surface area contributed by atoms with Gasteiger partial charge in [0.05, 0.1) is 23.6 Å². The maximum atomic E-state index is 12.1. The summed E-state index contributed by atoms with van der Waals surface area (Å²) in [6.45, 7) is 5.97. The molecule has 2 rings (SSSR count). The number of carbonyl (C=O) groups excluding carboxylic acids is 1. The highest BCUT2D eigenvalue weighted by molar-refractivity contribution is 7.91. The molecule has 0 bridgehead atoms. The van der Waals surface area contributed by atoms with Gasteiger partial charge in [-0.3, -0.25) is 9.69 Å². The molecule has 0 aromatic carbocycles. The Hall–Kier alpha value is -0.660. The van der Waals surface area contributed by atoms with Crippen LogP contribution in [0.4, 0.5) is 0 Å². The number of nitrogens with zero attached hydrogens (tertiary/aromatic N) is 1. The van der Waals surface area contributed by atoms with E-state index in [4.69, 9.17) is 5.73 Å². The number of sulfone groups is 1. The van der Waals surface area contributed by atoms with Gasteiger partial charge < -0.3 is 11.1 Å². The third-order valence-electron chi connectivity index (χ3n) is 4.69. The smallest absolute Gasteiger partial charge is 0.234 e. The number of carbonyl (C=O) groups is 1. The third-order valence-corrected chi connectivity index (χ3v) is 6.59. The van der Waals surface area contributed by atoms with Crippen LogP contribution in [0.2, 0.25) is 0 Å². The zero-order valence-electron chi connectivity index (χ0n) is 13.0. The van der Waals surface area contributed by atoms with Gasteiger partial charge in [0.1, 0.15) is 0 Å². The van der Waals surface area contributed by atoms with Crippen molar-refractivity contribution in [2.45, 2.75) is 44.7 Å². The summed E-state index contributed by atoms with van der Waals surface area (Å²) in [6, 6.07) is 0.212. The van der Waals surface area contributed by atoms with Crippen molar-refractivity contribution >= 4 is 15.7 Å². The highest BCUT2D eigenvalue weighted by atomic mass is 32.2. The molecule has 0 saturated carbocycles. The first-order chi connectivity index (χ1) is 9.69. The van der Waals surface area contributed by atoms with Crippen LogP contribution < -0.4 is 11.1 Å². The van der Waals surface area contributed by atoms with Crippen LogP contribution >= 0.6 is 0 Å². The van der Waals surface area contributed by atoms with Crippen molar-refractivity contribution < 1.29 is 13.2 Å². The van der Waals surface area contributed by atoms with Gasteiger partial charge in [0, 0.05) is 6.04 Å². The minimum Gasteiger partial charge on any atom is -0.349 e. The summed E-state index contributed by atoms with van der Waals surface area (Å²) in [5, 5.41) is 2.91. The van der Waals surface area contributed by atoms with Crippen molar-refractivity contribution in [3.05, 3.63) is 0 Å². The lowest BCUT2D eigenvalue weighted by Crippen LogP contribution is -2.51. The molecule has 2 fully saturated rings. The monoisotopic (exact) mass is 317 g/mol. The van der Waals surface area contributed by atoms with E-state index in [2.05, 4.69) is 10.2 Å². The van der Waals surface area contributed by atoms with Crippen molar-refractivity contribution in [1.82, 2.24) is 10.2 Å². The first kappa shape index (κ1) is 16.7. The molecule has 2 unspecified atom stereocenters. The number of piperidine rings is 1. The molecule has 122 valence electrons. The van der Waals surface area contributed by atoms with Gasteiger partial charge in [0.2, 0.25) is 5.91 Å². The first-order valence-corrected chi connectivity index (χ1v) is 9.51. The number of rotatable bonds is 4. The second-order valence-corrected chi connectivity index (χ2v) is 9.11. The molecule has 0 aromatic rings. The predicted octanol–water partition coefficient (Wildman–Crippen LogP) is -0.261. The summed E-state index contributed by atoms with van der Waals surface area (Å²) >= 11 is 0. The zero-order chi connectivity index (χ0) is 15.7. The minimum atomic E-state index is -2.99. The highest BCUT2D eigenvalue weighted by Crippen LogP contribution is 2.23. The number of nitrogens with one attached hydrogen (secondary N) is 1. The lowest BCUT2D eigenvalue weighted by molar-refractivity contribution is -0.124. The first-order valence-electron chi connectivity index (χ1n) is 7.68. The van der Waals surface area contributed by atoms with Crippen LogP contribution in [0.15, 0.2) is 0 Å². The van der Waals surface area contributed by atoms with E-state index in [1.165, 1.54) is 0 Å². The number of hydrogen-bond acceptors (Lipinski definition) is 5. The standard InChI is InChI=1S/C14H27N3O3S/c1-11(15)12-3-6-17(7-4-12)9-13(18)16-14(2)5-8-21(19,20)10-14/h11-12H,3-10,15H2,1-2H3,(H,16,18). The number of likely N-dealkylation sites (tertiary alicyclic amines) is 1. The van der Waals surface area contributed by atoms with Crippen LogP contribution in [-0.2, 0) is 14.6 Å². The summed E-state index contributed by atoms with van der Waals surface area (Å²) in [6.07, 6.45) is 2.56. The molecule has 3 N–H and O–H groups in total. The molecular formula is C14H27N3O3S. The van der Waals surface area contributed by atoms with Crippen LogP contribution in [0.1, 0.15) is 33.1 Å². The highest BCUT2D eigenvalue weighted by Gasteiger charge is 2.39. The van der Waals surface area contributed by atoms with Gasteiger partial charge in [-0.2, -0.15) is 0 Å². The molecule has 1 amide bonds. The Kier molecular flexibility index (Phi) is 4.95. The predicted molar refractivity (Wildman–Crippen MR) is 82.6 cm³/mol. The molecule has 7 heteroatoms. The summed E-state index contributed by atoms with van der Waals surface area (Å²) in [5.41, 5.74) is 5.31. The van der Waals surface area contributed by atoms with Crippen molar-refractivity contribution in [3.8, 4) is 0 Å². The lowest BCUT2D eigenvalue weighted by Gasteiger charge is -2.34. The number of nitrogens with two attached hydrogens (primary N) is 1. The molecule has 0 aromatic heterocycles. The Labute approximate surface area is 127 Å². The summed E-state index contributed by atoms with van der Waals surface area (Å²) < 4.78 is 23.1. The SMILES string of the molecule is CC(N)C1CCN(CC(=O)NC2(C)CCS(=O)(=O)C2)CC1. The van der Waals surface area contributed by atoms with E-state index in [1.807, 2.05) is 13.8 Å². The molecule has 2 heterocycles. The fourth-order valence-electron chi connectivity index (χ4n) is 3.33. The van der Waals surface area contributed by atoms with Gasteiger partial charge in [0.25, 0.3) is 0 Å². The molecule has 2 atom stereocenters.